The molecule has 0 aliphatic rings. The van der Waals surface area contributed by atoms with Crippen LogP contribution in [0.4, 0.5) is 0 Å². The first-order valence-electron chi connectivity index (χ1n) is 38.5. The summed E-state index contributed by atoms with van der Waals surface area (Å²) in [4.78, 5) is 72.8. The molecule has 0 fully saturated rings. The zero-order valence-electron chi connectivity index (χ0n) is 61.1. The number of hydrogen-bond acceptors (Lipinski definition) is 15. The highest BCUT2D eigenvalue weighted by Crippen LogP contribution is 2.45. The molecule has 0 amide bonds. The molecule has 0 saturated carbocycles. The Balaban J connectivity index is 5.35. The molecule has 0 saturated heterocycles. The molecule has 5 atom stereocenters. The van der Waals surface area contributed by atoms with Crippen molar-refractivity contribution >= 4 is 39.5 Å². The molecule has 0 aromatic rings. The van der Waals surface area contributed by atoms with Gasteiger partial charge in [-0.1, -0.05) is 255 Å². The number of phosphoric ester groups is 2. The van der Waals surface area contributed by atoms with Crippen LogP contribution in [0.25, 0.3) is 0 Å². The lowest BCUT2D eigenvalue weighted by Crippen LogP contribution is -2.30. The molecule has 0 heterocycles. The first-order chi connectivity index (χ1) is 46.7. The largest absolute Gasteiger partial charge is 0.472 e. The van der Waals surface area contributed by atoms with Crippen LogP contribution in [-0.4, -0.2) is 96.7 Å². The van der Waals surface area contributed by atoms with E-state index in [9.17, 15) is 43.2 Å². The molecular formula is C77H140O17P2. The van der Waals surface area contributed by atoms with Gasteiger partial charge in [-0.05, 0) is 128 Å². The van der Waals surface area contributed by atoms with Crippen LogP contribution >= 0.6 is 15.6 Å². The van der Waals surface area contributed by atoms with Crippen molar-refractivity contribution in [3.63, 3.8) is 0 Å². The highest BCUT2D eigenvalue weighted by atomic mass is 31.2. The number of hydrogen-bond donors (Lipinski definition) is 3. The van der Waals surface area contributed by atoms with Gasteiger partial charge in [0.05, 0.1) is 26.4 Å². The smallest absolute Gasteiger partial charge is 0.462 e. The van der Waals surface area contributed by atoms with Gasteiger partial charge in [0.15, 0.2) is 12.2 Å². The molecular weight excluding hydrogens is 1260 g/mol. The summed E-state index contributed by atoms with van der Waals surface area (Å²) < 4.78 is 68.4. The highest BCUT2D eigenvalue weighted by molar-refractivity contribution is 7.47. The number of phosphoric acid groups is 2. The summed E-state index contributed by atoms with van der Waals surface area (Å²) in [6.45, 7) is 4.82. The lowest BCUT2D eigenvalue weighted by Gasteiger charge is -2.21. The lowest BCUT2D eigenvalue weighted by atomic mass is 10.1. The average molecular weight is 1400 g/mol. The highest BCUT2D eigenvalue weighted by Gasteiger charge is 2.30. The fourth-order valence-electron chi connectivity index (χ4n) is 10.5. The molecule has 0 bridgehead atoms. The number of unbranched alkanes of at least 4 members (excludes halogenated alkanes) is 38. The Morgan fingerprint density at radius 2 is 0.510 bits per heavy atom. The van der Waals surface area contributed by atoms with Crippen LogP contribution in [0.2, 0.25) is 0 Å². The monoisotopic (exact) mass is 1400 g/mol. The zero-order valence-corrected chi connectivity index (χ0v) is 62.8. The number of carbonyl (C=O) groups excluding carboxylic acids is 4. The average Bonchev–Trinajstić information content (AvgIpc) is 1.19. The van der Waals surface area contributed by atoms with Crippen LogP contribution in [0.5, 0.6) is 0 Å². The second-order valence-corrected chi connectivity index (χ2v) is 28.9. The number of ether oxygens (including phenoxy) is 4. The van der Waals surface area contributed by atoms with E-state index in [0.717, 1.165) is 154 Å². The number of carbonyl (C=O) groups is 4. The fourth-order valence-corrected chi connectivity index (χ4v) is 12.1. The molecule has 19 heteroatoms. The van der Waals surface area contributed by atoms with Crippen molar-refractivity contribution in [2.75, 3.05) is 39.6 Å². The van der Waals surface area contributed by atoms with E-state index >= 15 is 0 Å². The van der Waals surface area contributed by atoms with Gasteiger partial charge in [0.2, 0.25) is 0 Å². The number of aliphatic hydroxyl groups excluding tert-OH is 1. The van der Waals surface area contributed by atoms with E-state index < -0.39 is 97.5 Å². The summed E-state index contributed by atoms with van der Waals surface area (Å²) in [6.07, 6.45) is 67.7. The van der Waals surface area contributed by atoms with Crippen molar-refractivity contribution in [2.45, 2.75) is 367 Å². The predicted molar refractivity (Wildman–Crippen MR) is 390 cm³/mol. The van der Waals surface area contributed by atoms with Crippen molar-refractivity contribution in [2.24, 2.45) is 0 Å². The molecule has 0 aliphatic carbocycles. The van der Waals surface area contributed by atoms with Gasteiger partial charge in [-0.2, -0.15) is 0 Å². The van der Waals surface area contributed by atoms with Crippen molar-refractivity contribution < 1.29 is 80.2 Å². The molecule has 0 aromatic heterocycles. The molecule has 0 aromatic carbocycles. The van der Waals surface area contributed by atoms with Crippen molar-refractivity contribution in [3.8, 4) is 0 Å². The second-order valence-electron chi connectivity index (χ2n) is 26.0. The van der Waals surface area contributed by atoms with E-state index in [1.165, 1.54) is 116 Å². The van der Waals surface area contributed by atoms with Gasteiger partial charge in [0.25, 0.3) is 0 Å². The van der Waals surface area contributed by atoms with Crippen LogP contribution in [0.1, 0.15) is 349 Å². The van der Waals surface area contributed by atoms with Gasteiger partial charge >= 0.3 is 39.5 Å². The summed E-state index contributed by atoms with van der Waals surface area (Å²) in [5.41, 5.74) is 0. The summed E-state index contributed by atoms with van der Waals surface area (Å²) in [5, 5.41) is 10.6. The predicted octanol–water partition coefficient (Wildman–Crippen LogP) is 21.9. The standard InChI is InChI=1S/C77H140O17P2/c1-5-9-13-17-21-25-29-33-35-39-43-47-51-55-59-63-76(81)93-72(67-87-74(79)61-57-53-49-45-41-37-31-27-23-19-15-11-7-3)69-91-95(83,84)89-65-71(78)66-90-96(85,86)92-70-73(68-88-75(80)62-58-54-50-46-42-38-32-28-24-20-16-12-8-4)94-77(82)64-60-56-52-48-44-40-36-34-30-26-22-18-14-10-6-2/h25,27-29,31-36,71-73,78H,5-24,26,30,37-70H2,1-4H3,(H,83,84)(H,85,86)/b29-25-,31-27-,32-28-,35-33-,36-34-/t71-,72+,73+/m0/s1. The molecule has 0 aliphatic heterocycles. The van der Waals surface area contributed by atoms with Crippen molar-refractivity contribution in [1.82, 2.24) is 0 Å². The van der Waals surface area contributed by atoms with E-state index in [0.29, 0.717) is 25.7 Å². The Labute approximate surface area is 584 Å². The number of aliphatic hydroxyl groups is 1. The summed E-state index contributed by atoms with van der Waals surface area (Å²) in [6, 6.07) is 0. The van der Waals surface area contributed by atoms with Gasteiger partial charge in [0.1, 0.15) is 19.3 Å². The van der Waals surface area contributed by atoms with Crippen LogP contribution in [0.15, 0.2) is 60.8 Å². The Kier molecular flexibility index (Phi) is 67.8. The normalized spacial score (nSPS) is 14.3. The van der Waals surface area contributed by atoms with Gasteiger partial charge < -0.3 is 33.8 Å². The first kappa shape index (κ1) is 92.8. The maximum absolute atomic E-state index is 13.1. The quantitative estimate of drug-likeness (QED) is 0.0128. The third-order valence-electron chi connectivity index (χ3n) is 16.5. The van der Waals surface area contributed by atoms with E-state index in [4.69, 9.17) is 37.0 Å². The lowest BCUT2D eigenvalue weighted by molar-refractivity contribution is -0.161. The van der Waals surface area contributed by atoms with Crippen LogP contribution in [0, 0.1) is 0 Å². The number of esters is 4. The van der Waals surface area contributed by atoms with E-state index in [2.05, 4.69) is 88.5 Å². The van der Waals surface area contributed by atoms with Crippen LogP contribution in [-0.2, 0) is 65.4 Å². The maximum Gasteiger partial charge on any atom is 0.472 e. The molecule has 17 nitrogen and oxygen atoms in total. The third-order valence-corrected chi connectivity index (χ3v) is 18.4. The van der Waals surface area contributed by atoms with Gasteiger partial charge in [-0.15, -0.1) is 0 Å². The molecule has 2 unspecified atom stereocenters. The van der Waals surface area contributed by atoms with Gasteiger partial charge in [0, 0.05) is 25.7 Å². The summed E-state index contributed by atoms with van der Waals surface area (Å²) >= 11 is 0. The molecule has 560 valence electrons. The third kappa shape index (κ3) is 69.2. The molecule has 0 rings (SSSR count). The number of rotatable bonds is 73. The van der Waals surface area contributed by atoms with Gasteiger partial charge in [-0.3, -0.25) is 37.3 Å². The Morgan fingerprint density at radius 1 is 0.292 bits per heavy atom. The fraction of sp³-hybridized carbons (Fsp3) is 0.818. The first-order valence-corrected chi connectivity index (χ1v) is 41.5. The van der Waals surface area contributed by atoms with Crippen molar-refractivity contribution in [3.05, 3.63) is 60.8 Å². The SMILES string of the molecule is CCCCCC/C=C\C=C/CCCCCCCC(=O)O[C@H](COC(=O)CCCCCCC/C=C\CCCCCC)COP(=O)(O)OC[C@H](O)COP(=O)(O)OC[C@@H](COC(=O)CCCCCCC/C=C\CCCCCC)OC(=O)CCCCCCC/C=C\CCCCCCCC. The minimum absolute atomic E-state index is 0.0791. The van der Waals surface area contributed by atoms with Crippen LogP contribution in [0.3, 0.4) is 0 Å². The Bertz CT molecular complexity index is 2060. The van der Waals surface area contributed by atoms with Crippen molar-refractivity contribution in [1.29, 1.82) is 0 Å². The summed E-state index contributed by atoms with van der Waals surface area (Å²) in [5.74, 6) is -2.19. The number of allylic oxidation sites excluding steroid dienone is 10. The molecule has 3 N–H and O–H groups in total. The second kappa shape index (κ2) is 70.2. The molecule has 96 heavy (non-hydrogen) atoms. The Morgan fingerprint density at radius 3 is 0.792 bits per heavy atom. The summed E-state index contributed by atoms with van der Waals surface area (Å²) in [7, 11) is -9.94. The maximum atomic E-state index is 13.1. The molecule has 0 spiro atoms. The van der Waals surface area contributed by atoms with Gasteiger partial charge in [-0.25, -0.2) is 9.13 Å². The van der Waals surface area contributed by atoms with Crippen LogP contribution < -0.4 is 0 Å². The zero-order chi connectivity index (χ0) is 70.4. The van der Waals surface area contributed by atoms with E-state index in [1.807, 2.05) is 0 Å². The Hall–Kier alpha value is -3.24. The topological polar surface area (TPSA) is 237 Å². The van der Waals surface area contributed by atoms with E-state index in [1.54, 1.807) is 0 Å². The minimum Gasteiger partial charge on any atom is -0.462 e. The van der Waals surface area contributed by atoms with E-state index in [-0.39, 0.29) is 25.7 Å². The molecule has 0 radical (unpaired) electrons. The minimum atomic E-state index is -4.97.